The van der Waals surface area contributed by atoms with Gasteiger partial charge in [-0.3, -0.25) is 14.5 Å². The fourth-order valence-electron chi connectivity index (χ4n) is 2.09. The summed E-state index contributed by atoms with van der Waals surface area (Å²) < 4.78 is 0. The van der Waals surface area contributed by atoms with Crippen LogP contribution in [0.4, 0.5) is 0 Å². The fourth-order valence-corrected chi connectivity index (χ4v) is 2.09. The first-order chi connectivity index (χ1) is 8.74. The quantitative estimate of drug-likeness (QED) is 0.712. The van der Waals surface area contributed by atoms with Gasteiger partial charge in [0.1, 0.15) is 5.69 Å². The first-order valence-electron chi connectivity index (χ1n) is 6.00. The first kappa shape index (κ1) is 12.8. The molecule has 0 saturated carbocycles. The number of H-pyrrole nitrogens is 1. The van der Waals surface area contributed by atoms with Crippen molar-refractivity contribution in [3.8, 4) is 0 Å². The van der Waals surface area contributed by atoms with Gasteiger partial charge in [-0.05, 0) is 6.07 Å². The largest absolute Gasteiger partial charge is 0.395 e. The number of hydrogen-bond acceptors (Lipinski definition) is 4. The van der Waals surface area contributed by atoms with E-state index in [-0.39, 0.29) is 12.5 Å². The van der Waals surface area contributed by atoms with Crippen LogP contribution >= 0.6 is 0 Å². The summed E-state index contributed by atoms with van der Waals surface area (Å²) in [5.74, 6) is -0.0771. The highest BCUT2D eigenvalue weighted by molar-refractivity contribution is 5.94. The third-order valence-electron chi connectivity index (χ3n) is 3.15. The lowest BCUT2D eigenvalue weighted by Crippen LogP contribution is -2.49. The van der Waals surface area contributed by atoms with Crippen molar-refractivity contribution in [1.29, 1.82) is 0 Å². The molecular weight excluding hydrogens is 234 g/mol. The minimum absolute atomic E-state index is 0.0771. The minimum atomic E-state index is -0.0771. The molecule has 2 heterocycles. The number of aromatic nitrogens is 1. The third-order valence-corrected chi connectivity index (χ3v) is 3.15. The number of rotatable bonds is 4. The standard InChI is InChI=1S/C12H17N3O3/c16-6-5-14-1-3-15(4-2-14)12(18)11-7-10(9-17)8-13-11/h7-9,13,16H,1-6H2. The molecule has 1 aromatic rings. The Hall–Kier alpha value is -1.66. The SMILES string of the molecule is O=Cc1c[nH]c(C(=O)N2CCN(CCO)CC2)c1. The number of aliphatic hydroxyl groups excluding tert-OH is 1. The molecule has 18 heavy (non-hydrogen) atoms. The van der Waals surface area contributed by atoms with Crippen molar-refractivity contribution < 1.29 is 14.7 Å². The second kappa shape index (κ2) is 5.79. The summed E-state index contributed by atoms with van der Waals surface area (Å²) in [6.45, 7) is 3.64. The number of carbonyl (C=O) groups is 2. The molecule has 0 aliphatic carbocycles. The average molecular weight is 251 g/mol. The molecule has 0 radical (unpaired) electrons. The van der Waals surface area contributed by atoms with Gasteiger partial charge in [0, 0.05) is 44.5 Å². The summed E-state index contributed by atoms with van der Waals surface area (Å²) in [6.07, 6.45) is 2.24. The zero-order valence-corrected chi connectivity index (χ0v) is 10.1. The number of nitrogens with zero attached hydrogens (tertiary/aromatic N) is 2. The molecule has 0 aromatic carbocycles. The predicted molar refractivity (Wildman–Crippen MR) is 65.6 cm³/mol. The van der Waals surface area contributed by atoms with E-state index in [4.69, 9.17) is 5.11 Å². The molecule has 1 fully saturated rings. The highest BCUT2D eigenvalue weighted by atomic mass is 16.3. The van der Waals surface area contributed by atoms with Crippen molar-refractivity contribution in [2.45, 2.75) is 0 Å². The molecule has 1 aliphatic heterocycles. The van der Waals surface area contributed by atoms with E-state index in [1.807, 2.05) is 0 Å². The maximum absolute atomic E-state index is 12.1. The number of nitrogens with one attached hydrogen (secondary N) is 1. The first-order valence-corrected chi connectivity index (χ1v) is 6.00. The van der Waals surface area contributed by atoms with Crippen molar-refractivity contribution >= 4 is 12.2 Å². The molecule has 0 atom stereocenters. The summed E-state index contributed by atoms with van der Waals surface area (Å²) in [4.78, 5) is 29.4. The fraction of sp³-hybridized carbons (Fsp3) is 0.500. The Kier molecular flexibility index (Phi) is 4.11. The van der Waals surface area contributed by atoms with E-state index in [1.165, 1.54) is 6.20 Å². The van der Waals surface area contributed by atoms with Gasteiger partial charge in [0.05, 0.1) is 6.61 Å². The normalized spacial score (nSPS) is 16.8. The average Bonchev–Trinajstić information content (AvgIpc) is 2.88. The molecule has 2 N–H and O–H groups in total. The van der Waals surface area contributed by atoms with Crippen LogP contribution in [0.5, 0.6) is 0 Å². The van der Waals surface area contributed by atoms with E-state index in [9.17, 15) is 9.59 Å². The Bertz CT molecular complexity index is 422. The molecule has 0 spiro atoms. The van der Waals surface area contributed by atoms with Crippen LogP contribution in [-0.4, -0.2) is 71.4 Å². The summed E-state index contributed by atoms with van der Waals surface area (Å²) in [5.41, 5.74) is 0.935. The van der Waals surface area contributed by atoms with E-state index in [0.717, 1.165) is 13.1 Å². The van der Waals surface area contributed by atoms with E-state index in [0.29, 0.717) is 37.2 Å². The number of aliphatic hydroxyl groups is 1. The molecule has 0 unspecified atom stereocenters. The summed E-state index contributed by atoms with van der Waals surface area (Å²) in [7, 11) is 0. The van der Waals surface area contributed by atoms with E-state index in [1.54, 1.807) is 11.0 Å². The van der Waals surface area contributed by atoms with Crippen molar-refractivity contribution in [3.63, 3.8) is 0 Å². The lowest BCUT2D eigenvalue weighted by molar-refractivity contribution is 0.0610. The number of β-amino-alcohol motifs (C(OH)–C–C–N with tert-alkyl or cyclic N) is 1. The molecule has 6 nitrogen and oxygen atoms in total. The van der Waals surface area contributed by atoms with Crippen LogP contribution in [0.2, 0.25) is 0 Å². The van der Waals surface area contributed by atoms with Gasteiger partial charge in [0.2, 0.25) is 0 Å². The summed E-state index contributed by atoms with van der Waals surface area (Å²) >= 11 is 0. The number of carbonyl (C=O) groups excluding carboxylic acids is 2. The van der Waals surface area contributed by atoms with E-state index >= 15 is 0 Å². The van der Waals surface area contributed by atoms with Gasteiger partial charge in [0.25, 0.3) is 5.91 Å². The van der Waals surface area contributed by atoms with Crippen molar-refractivity contribution in [3.05, 3.63) is 23.5 Å². The van der Waals surface area contributed by atoms with Gasteiger partial charge < -0.3 is 15.0 Å². The smallest absolute Gasteiger partial charge is 0.270 e. The van der Waals surface area contributed by atoms with E-state index in [2.05, 4.69) is 9.88 Å². The number of aromatic amines is 1. The zero-order valence-electron chi connectivity index (χ0n) is 10.1. The Morgan fingerprint density at radius 2 is 2.11 bits per heavy atom. The summed E-state index contributed by atoms with van der Waals surface area (Å²) in [6, 6.07) is 1.56. The molecule has 1 saturated heterocycles. The summed E-state index contributed by atoms with van der Waals surface area (Å²) in [5, 5.41) is 8.84. The molecule has 1 aliphatic rings. The van der Waals surface area contributed by atoms with Crippen LogP contribution in [0, 0.1) is 0 Å². The maximum Gasteiger partial charge on any atom is 0.270 e. The highest BCUT2D eigenvalue weighted by Gasteiger charge is 2.22. The second-order valence-corrected chi connectivity index (χ2v) is 4.32. The Morgan fingerprint density at radius 3 is 2.67 bits per heavy atom. The molecular formula is C12H17N3O3. The van der Waals surface area contributed by atoms with E-state index < -0.39 is 0 Å². The van der Waals surface area contributed by atoms with Crippen LogP contribution < -0.4 is 0 Å². The Balaban J connectivity index is 1.93. The maximum atomic E-state index is 12.1. The molecule has 1 amide bonds. The van der Waals surface area contributed by atoms with Gasteiger partial charge >= 0.3 is 0 Å². The monoisotopic (exact) mass is 251 g/mol. The van der Waals surface area contributed by atoms with Crippen LogP contribution in [-0.2, 0) is 0 Å². The van der Waals surface area contributed by atoms with Crippen molar-refractivity contribution in [1.82, 2.24) is 14.8 Å². The van der Waals surface area contributed by atoms with Crippen LogP contribution in [0.3, 0.4) is 0 Å². The second-order valence-electron chi connectivity index (χ2n) is 4.32. The number of aldehydes is 1. The van der Waals surface area contributed by atoms with Gasteiger partial charge in [-0.15, -0.1) is 0 Å². The lowest BCUT2D eigenvalue weighted by Gasteiger charge is -2.34. The van der Waals surface area contributed by atoms with Crippen LogP contribution in [0.15, 0.2) is 12.3 Å². The van der Waals surface area contributed by atoms with Gasteiger partial charge in [-0.2, -0.15) is 0 Å². The number of hydrogen-bond donors (Lipinski definition) is 2. The van der Waals surface area contributed by atoms with Crippen molar-refractivity contribution in [2.75, 3.05) is 39.3 Å². The Morgan fingerprint density at radius 1 is 1.39 bits per heavy atom. The minimum Gasteiger partial charge on any atom is -0.395 e. The topological polar surface area (TPSA) is 76.6 Å². The molecule has 98 valence electrons. The third kappa shape index (κ3) is 2.77. The number of piperazine rings is 1. The van der Waals surface area contributed by atoms with Crippen LogP contribution in [0.25, 0.3) is 0 Å². The van der Waals surface area contributed by atoms with Crippen LogP contribution in [0.1, 0.15) is 20.8 Å². The molecule has 0 bridgehead atoms. The molecule has 6 heteroatoms. The number of amides is 1. The lowest BCUT2D eigenvalue weighted by atomic mass is 10.2. The highest BCUT2D eigenvalue weighted by Crippen LogP contribution is 2.08. The Labute approximate surface area is 105 Å². The van der Waals surface area contributed by atoms with Crippen molar-refractivity contribution in [2.24, 2.45) is 0 Å². The molecule has 1 aromatic heterocycles. The van der Waals surface area contributed by atoms with Gasteiger partial charge in [-0.25, -0.2) is 0 Å². The zero-order chi connectivity index (χ0) is 13.0. The van der Waals surface area contributed by atoms with Gasteiger partial charge in [0.15, 0.2) is 6.29 Å². The van der Waals surface area contributed by atoms with Gasteiger partial charge in [-0.1, -0.05) is 0 Å². The predicted octanol–water partition coefficient (Wildman–Crippen LogP) is -0.423. The molecule has 2 rings (SSSR count).